The maximum atomic E-state index is 13.5. The van der Waals surface area contributed by atoms with Gasteiger partial charge in [0.2, 0.25) is 15.9 Å². The molecule has 0 radical (unpaired) electrons. The van der Waals surface area contributed by atoms with Crippen molar-refractivity contribution in [3.63, 3.8) is 0 Å². The fourth-order valence-corrected chi connectivity index (χ4v) is 7.06. The molecule has 0 aromatic heterocycles. The lowest BCUT2D eigenvalue weighted by Gasteiger charge is -2.33. The number of anilines is 1. The van der Waals surface area contributed by atoms with E-state index in [1.165, 1.54) is 48.8 Å². The molecule has 0 saturated heterocycles. The van der Waals surface area contributed by atoms with Gasteiger partial charge in [-0.05, 0) is 61.5 Å². The number of nitrogens with zero attached hydrogens (tertiary/aromatic N) is 2. The van der Waals surface area contributed by atoms with E-state index in [1.54, 1.807) is 54.3 Å². The highest BCUT2D eigenvalue weighted by Gasteiger charge is 2.33. The molecule has 2 N–H and O–H groups in total. The van der Waals surface area contributed by atoms with Crippen molar-refractivity contribution in [3.8, 4) is 11.5 Å². The zero-order valence-corrected chi connectivity index (χ0v) is 26.1. The summed E-state index contributed by atoms with van der Waals surface area (Å²) in [6.07, 6.45) is -0.803. The first-order chi connectivity index (χ1) is 20.3. The van der Waals surface area contributed by atoms with E-state index in [-0.39, 0.29) is 53.4 Å². The number of nitrogens with one attached hydrogen (secondary N) is 1. The van der Waals surface area contributed by atoms with Gasteiger partial charge < -0.3 is 19.5 Å². The second kappa shape index (κ2) is 13.3. The first-order valence-electron chi connectivity index (χ1n) is 13.7. The van der Waals surface area contributed by atoms with E-state index in [0.29, 0.717) is 17.1 Å². The number of likely N-dealkylation sites (N-methyl/N-ethyl adjacent to an activating group) is 1. The van der Waals surface area contributed by atoms with Crippen molar-refractivity contribution in [2.75, 3.05) is 38.6 Å². The quantitative estimate of drug-likeness (QED) is 0.348. The average molecular weight is 632 g/mol. The number of sulfonamides is 2. The number of methoxy groups -OCH3 is 1. The van der Waals surface area contributed by atoms with E-state index in [9.17, 15) is 26.7 Å². The molecule has 4 rings (SSSR count). The van der Waals surface area contributed by atoms with Gasteiger partial charge in [-0.2, -0.15) is 4.31 Å². The van der Waals surface area contributed by atoms with Crippen LogP contribution in [0.4, 0.5) is 5.69 Å². The van der Waals surface area contributed by atoms with Gasteiger partial charge >= 0.3 is 0 Å². The van der Waals surface area contributed by atoms with Crippen LogP contribution in [0.2, 0.25) is 0 Å². The van der Waals surface area contributed by atoms with Crippen LogP contribution in [-0.4, -0.2) is 83.1 Å². The average Bonchev–Trinajstić information content (AvgIpc) is 3.04. The summed E-state index contributed by atoms with van der Waals surface area (Å²) >= 11 is 0. The predicted octanol–water partition coefficient (Wildman–Crippen LogP) is 2.97. The molecule has 3 aromatic rings. The Labute approximate surface area is 253 Å². The number of aliphatic hydroxyl groups excluding tert-OH is 1. The fourth-order valence-electron chi connectivity index (χ4n) is 4.80. The predicted molar refractivity (Wildman–Crippen MR) is 162 cm³/mol. The second-order valence-corrected chi connectivity index (χ2v) is 14.3. The van der Waals surface area contributed by atoms with Gasteiger partial charge in [0.25, 0.3) is 10.0 Å². The molecule has 13 heteroatoms. The molecule has 0 saturated carbocycles. The van der Waals surface area contributed by atoms with Crippen LogP contribution in [0.25, 0.3) is 0 Å². The second-order valence-electron chi connectivity index (χ2n) is 10.6. The molecule has 232 valence electrons. The van der Waals surface area contributed by atoms with Gasteiger partial charge in [-0.15, -0.1) is 0 Å². The maximum Gasteiger partial charge on any atom is 0.261 e. The van der Waals surface area contributed by atoms with Crippen molar-refractivity contribution in [2.45, 2.75) is 42.2 Å². The number of amides is 1. The van der Waals surface area contributed by atoms with Gasteiger partial charge in [0.15, 0.2) is 0 Å². The molecule has 0 unspecified atom stereocenters. The van der Waals surface area contributed by atoms with Gasteiger partial charge in [0.1, 0.15) is 17.6 Å². The first kappa shape index (κ1) is 32.3. The van der Waals surface area contributed by atoms with Gasteiger partial charge in [-0.3, -0.25) is 9.52 Å². The Hall–Kier alpha value is -3.65. The molecule has 0 fully saturated rings. The van der Waals surface area contributed by atoms with Crippen LogP contribution in [-0.2, 0) is 31.3 Å². The minimum atomic E-state index is -3.89. The number of fused-ring (bicyclic) bond motifs is 1. The Kier molecular flexibility index (Phi) is 10.0. The number of aliphatic hydroxyl groups is 1. The molecule has 3 aromatic carbocycles. The smallest absolute Gasteiger partial charge is 0.261 e. The lowest BCUT2D eigenvalue weighted by Crippen LogP contribution is -2.48. The molecule has 1 heterocycles. The molecule has 43 heavy (non-hydrogen) atoms. The van der Waals surface area contributed by atoms with Crippen molar-refractivity contribution in [1.82, 2.24) is 9.21 Å². The summed E-state index contributed by atoms with van der Waals surface area (Å²) in [5.74, 6) is 0.246. The van der Waals surface area contributed by atoms with Crippen LogP contribution in [0, 0.1) is 5.92 Å². The Bertz CT molecular complexity index is 1630. The summed E-state index contributed by atoms with van der Waals surface area (Å²) in [7, 11) is -4.82. The van der Waals surface area contributed by atoms with E-state index >= 15 is 0 Å². The number of rotatable bonds is 10. The third-order valence-electron chi connectivity index (χ3n) is 7.43. The summed E-state index contributed by atoms with van der Waals surface area (Å²) in [5.41, 5.74) is 0.664. The largest absolute Gasteiger partial charge is 0.497 e. The van der Waals surface area contributed by atoms with Crippen molar-refractivity contribution in [1.29, 1.82) is 0 Å². The summed E-state index contributed by atoms with van der Waals surface area (Å²) in [6.45, 7) is 3.50. The van der Waals surface area contributed by atoms with E-state index in [4.69, 9.17) is 9.47 Å². The fraction of sp³-hybridized carbons (Fsp3) is 0.367. The third kappa shape index (κ3) is 7.47. The van der Waals surface area contributed by atoms with E-state index < -0.39 is 32.2 Å². The zero-order valence-electron chi connectivity index (χ0n) is 24.5. The van der Waals surface area contributed by atoms with Crippen LogP contribution < -0.4 is 14.2 Å². The van der Waals surface area contributed by atoms with Crippen molar-refractivity contribution >= 4 is 31.6 Å². The summed E-state index contributed by atoms with van der Waals surface area (Å²) in [4.78, 5) is 15.2. The Morgan fingerprint density at radius 3 is 2.35 bits per heavy atom. The number of hydrogen-bond donors (Lipinski definition) is 2. The van der Waals surface area contributed by atoms with E-state index in [0.717, 1.165) is 0 Å². The number of benzene rings is 3. The van der Waals surface area contributed by atoms with E-state index in [1.807, 2.05) is 6.92 Å². The van der Waals surface area contributed by atoms with Gasteiger partial charge in [-0.25, -0.2) is 16.8 Å². The van der Waals surface area contributed by atoms with Crippen molar-refractivity contribution < 1.29 is 36.2 Å². The van der Waals surface area contributed by atoms with Crippen LogP contribution in [0.3, 0.4) is 0 Å². The maximum absolute atomic E-state index is 13.5. The SMILES string of the molecule is COc1ccc(S(=O)(=O)N(C)C[C@H]2Oc3ccc(NS(=O)(=O)c4ccccc4)cc3CC(=O)N([C@H](C)CO)C[C@@H]2C)cc1. The number of ether oxygens (including phenoxy) is 2. The molecule has 0 spiro atoms. The monoisotopic (exact) mass is 631 g/mol. The topological polar surface area (TPSA) is 143 Å². The normalized spacial score (nSPS) is 18.6. The third-order valence-corrected chi connectivity index (χ3v) is 10.7. The molecule has 1 aliphatic rings. The standard InChI is InChI=1S/C30H37N3O8S2/c1-21-18-33(22(2)20-34)30(35)17-23-16-24(31-42(36,37)26-8-6-5-7-9-26)10-15-28(23)41-29(21)19-32(3)43(38,39)27-13-11-25(40-4)12-14-27/h5-16,21-22,29,31,34H,17-20H2,1-4H3/t21-,22+,29+/m0/s1. The van der Waals surface area contributed by atoms with E-state index in [2.05, 4.69) is 4.72 Å². The lowest BCUT2D eigenvalue weighted by molar-refractivity contribution is -0.134. The van der Waals surface area contributed by atoms with Crippen LogP contribution >= 0.6 is 0 Å². The molecule has 1 aliphatic heterocycles. The van der Waals surface area contributed by atoms with Crippen molar-refractivity contribution in [2.24, 2.45) is 5.92 Å². The summed E-state index contributed by atoms with van der Waals surface area (Å²) < 4.78 is 68.0. The van der Waals surface area contributed by atoms with Gasteiger partial charge in [0.05, 0.1) is 42.5 Å². The van der Waals surface area contributed by atoms with Gasteiger partial charge in [0, 0.05) is 30.8 Å². The number of carbonyl (C=O) groups is 1. The summed E-state index contributed by atoms with van der Waals surface area (Å²) in [5, 5.41) is 9.88. The first-order valence-corrected chi connectivity index (χ1v) is 16.7. The summed E-state index contributed by atoms with van der Waals surface area (Å²) in [6, 6.07) is 18.1. The Morgan fingerprint density at radius 2 is 1.72 bits per heavy atom. The molecular weight excluding hydrogens is 594 g/mol. The minimum Gasteiger partial charge on any atom is -0.497 e. The molecular formula is C30H37N3O8S2. The molecule has 1 amide bonds. The molecule has 0 bridgehead atoms. The number of hydrogen-bond acceptors (Lipinski definition) is 8. The highest BCUT2D eigenvalue weighted by molar-refractivity contribution is 7.92. The highest BCUT2D eigenvalue weighted by Crippen LogP contribution is 2.31. The zero-order chi connectivity index (χ0) is 31.4. The highest BCUT2D eigenvalue weighted by atomic mass is 32.2. The van der Waals surface area contributed by atoms with Crippen molar-refractivity contribution in [3.05, 3.63) is 78.4 Å². The number of carbonyl (C=O) groups excluding carboxylic acids is 1. The minimum absolute atomic E-state index is 0.0348. The Morgan fingerprint density at radius 1 is 1.05 bits per heavy atom. The van der Waals surface area contributed by atoms with Gasteiger partial charge in [-0.1, -0.05) is 25.1 Å². The molecule has 0 aliphatic carbocycles. The van der Waals surface area contributed by atoms with Crippen LogP contribution in [0.5, 0.6) is 11.5 Å². The van der Waals surface area contributed by atoms with Crippen LogP contribution in [0.1, 0.15) is 19.4 Å². The lowest BCUT2D eigenvalue weighted by atomic mass is 10.0. The van der Waals surface area contributed by atoms with Crippen LogP contribution in [0.15, 0.2) is 82.6 Å². The Balaban J connectivity index is 1.67. The molecule has 3 atom stereocenters. The molecule has 11 nitrogen and oxygen atoms in total.